The Morgan fingerprint density at radius 1 is 1.41 bits per heavy atom. The fraction of sp³-hybridized carbons (Fsp3) is 0.444. The molecule has 2 aromatic heterocycles. The van der Waals surface area contributed by atoms with Crippen LogP contribution < -0.4 is 16.4 Å². The second-order valence-electron chi connectivity index (χ2n) is 6.51. The maximum atomic E-state index is 13.1. The number of anilines is 2. The van der Waals surface area contributed by atoms with Crippen molar-refractivity contribution >= 4 is 28.8 Å². The topological polar surface area (TPSA) is 101 Å². The molecule has 2 aromatic rings. The number of halogens is 3. The van der Waals surface area contributed by atoms with Gasteiger partial charge in [0.2, 0.25) is 5.95 Å². The third kappa shape index (κ3) is 4.84. The number of aromatic nitrogens is 3. The van der Waals surface area contributed by atoms with Crippen molar-refractivity contribution in [2.75, 3.05) is 23.7 Å². The van der Waals surface area contributed by atoms with Crippen LogP contribution >= 0.6 is 11.3 Å². The molecule has 1 atom stereocenters. The van der Waals surface area contributed by atoms with Crippen molar-refractivity contribution in [3.63, 3.8) is 0 Å². The maximum absolute atomic E-state index is 13.1. The Hall–Kier alpha value is -2.69. The molecule has 0 aromatic carbocycles. The molecule has 156 valence electrons. The van der Waals surface area contributed by atoms with Crippen molar-refractivity contribution in [3.8, 4) is 0 Å². The lowest BCUT2D eigenvalue weighted by atomic mass is 10.1. The number of thiazole rings is 1. The van der Waals surface area contributed by atoms with Crippen LogP contribution in [0.4, 0.5) is 24.9 Å². The van der Waals surface area contributed by atoms with Gasteiger partial charge in [0.15, 0.2) is 0 Å². The van der Waals surface area contributed by atoms with Gasteiger partial charge in [0.25, 0.3) is 0 Å². The summed E-state index contributed by atoms with van der Waals surface area (Å²) in [5.41, 5.74) is 8.84. The van der Waals surface area contributed by atoms with Crippen LogP contribution in [0.3, 0.4) is 0 Å². The minimum atomic E-state index is -4.54. The van der Waals surface area contributed by atoms with E-state index in [4.69, 9.17) is 5.73 Å². The summed E-state index contributed by atoms with van der Waals surface area (Å²) < 4.78 is 39.3. The molecule has 0 fully saturated rings. The summed E-state index contributed by atoms with van der Waals surface area (Å²) in [6, 6.07) is 0. The summed E-state index contributed by atoms with van der Waals surface area (Å²) in [6.07, 6.45) is -0.522. The first-order valence-corrected chi connectivity index (χ1v) is 10.0. The summed E-state index contributed by atoms with van der Waals surface area (Å²) in [7, 11) is 0. The zero-order valence-corrected chi connectivity index (χ0v) is 16.9. The molecule has 4 N–H and O–H groups in total. The first-order chi connectivity index (χ1) is 13.8. The number of nitrogens with one attached hydrogen (secondary N) is 2. The molecular weight excluding hydrogens is 403 g/mol. The zero-order chi connectivity index (χ0) is 21.0. The molecule has 0 spiro atoms. The van der Waals surface area contributed by atoms with Crippen molar-refractivity contribution in [1.29, 1.82) is 0 Å². The van der Waals surface area contributed by atoms with E-state index in [1.54, 1.807) is 25.2 Å². The number of alkyl halides is 3. The number of rotatable bonds is 7. The van der Waals surface area contributed by atoms with Crippen molar-refractivity contribution in [2.45, 2.75) is 38.8 Å². The number of nitrogens with zero attached hydrogens (tertiary/aromatic N) is 4. The average molecular weight is 425 g/mol. The van der Waals surface area contributed by atoms with Crippen LogP contribution in [0.5, 0.6) is 0 Å². The lowest BCUT2D eigenvalue weighted by Gasteiger charge is -2.15. The minimum Gasteiger partial charge on any atom is -0.403 e. The lowest BCUT2D eigenvalue weighted by molar-refractivity contribution is -0.137. The number of aliphatic imine (C=N–C) groups is 1. The fourth-order valence-corrected chi connectivity index (χ4v) is 4.04. The number of aryl methyl sites for hydroxylation is 1. The molecule has 11 heteroatoms. The molecule has 1 aliphatic carbocycles. The van der Waals surface area contributed by atoms with Gasteiger partial charge >= 0.3 is 6.18 Å². The summed E-state index contributed by atoms with van der Waals surface area (Å²) >= 11 is 1.64. The van der Waals surface area contributed by atoms with Gasteiger partial charge in [0.05, 0.1) is 22.6 Å². The SMILES string of the molecule is CCNc1nc(N/C(=C/N)C(C)=NC[C@H]2CCc3ncsc32)ncc1C(F)(F)F. The fourth-order valence-electron chi connectivity index (χ4n) is 3.07. The quantitative estimate of drug-likeness (QED) is 0.584. The molecule has 0 bridgehead atoms. The Bertz CT molecular complexity index is 920. The Morgan fingerprint density at radius 3 is 2.90 bits per heavy atom. The van der Waals surface area contributed by atoms with Gasteiger partial charge in [-0.25, -0.2) is 9.97 Å². The molecule has 0 amide bonds. The van der Waals surface area contributed by atoms with Gasteiger partial charge in [-0.2, -0.15) is 18.2 Å². The van der Waals surface area contributed by atoms with E-state index in [-0.39, 0.29) is 11.8 Å². The first-order valence-electron chi connectivity index (χ1n) is 9.14. The number of hydrogen-bond donors (Lipinski definition) is 3. The summed E-state index contributed by atoms with van der Waals surface area (Å²) in [6.45, 7) is 4.36. The predicted octanol–water partition coefficient (Wildman–Crippen LogP) is 3.79. The van der Waals surface area contributed by atoms with Crippen molar-refractivity contribution < 1.29 is 13.2 Å². The molecule has 0 saturated carbocycles. The smallest absolute Gasteiger partial charge is 0.403 e. The number of allylic oxidation sites excluding steroid dienone is 1. The largest absolute Gasteiger partial charge is 0.421 e. The molecule has 3 rings (SSSR count). The van der Waals surface area contributed by atoms with Crippen LogP contribution in [0.2, 0.25) is 0 Å². The Balaban J connectivity index is 1.73. The number of nitrogens with two attached hydrogens (primary N) is 1. The van der Waals surface area contributed by atoms with E-state index in [0.29, 0.717) is 30.4 Å². The number of hydrogen-bond acceptors (Lipinski definition) is 8. The third-order valence-electron chi connectivity index (χ3n) is 4.56. The normalized spacial score (nSPS) is 17.3. The summed E-state index contributed by atoms with van der Waals surface area (Å²) in [5, 5.41) is 5.48. The summed E-state index contributed by atoms with van der Waals surface area (Å²) in [5.74, 6) is 0.0482. The van der Waals surface area contributed by atoms with Crippen LogP contribution in [0.25, 0.3) is 0 Å². The van der Waals surface area contributed by atoms with Crippen LogP contribution in [0.1, 0.15) is 42.3 Å². The lowest BCUT2D eigenvalue weighted by Crippen LogP contribution is -2.17. The van der Waals surface area contributed by atoms with Gasteiger partial charge in [-0.3, -0.25) is 4.99 Å². The molecule has 29 heavy (non-hydrogen) atoms. The van der Waals surface area contributed by atoms with Gasteiger partial charge in [0, 0.05) is 36.3 Å². The number of fused-ring (bicyclic) bond motifs is 1. The van der Waals surface area contributed by atoms with E-state index in [1.807, 2.05) is 5.51 Å². The highest BCUT2D eigenvalue weighted by Gasteiger charge is 2.35. The van der Waals surface area contributed by atoms with Crippen LogP contribution in [0, 0.1) is 0 Å². The maximum Gasteiger partial charge on any atom is 0.421 e. The van der Waals surface area contributed by atoms with Crippen molar-refractivity contribution in [1.82, 2.24) is 15.0 Å². The Morgan fingerprint density at radius 2 is 2.21 bits per heavy atom. The standard InChI is InChI=1S/C18H22F3N7S/c1-3-23-16-12(18(19,20)21)8-25-17(28-16)27-14(6-22)10(2)24-7-11-4-5-13-15(11)29-9-26-13/h6,8-9,11H,3-5,7,22H2,1-2H3,(H2,23,25,27,28)/b14-6+,24-10?/t11-/m1/s1. The average Bonchev–Trinajstić information content (AvgIpc) is 3.28. The molecule has 1 aliphatic rings. The highest BCUT2D eigenvalue weighted by molar-refractivity contribution is 7.09. The van der Waals surface area contributed by atoms with E-state index < -0.39 is 11.7 Å². The summed E-state index contributed by atoms with van der Waals surface area (Å²) in [4.78, 5) is 18.0. The predicted molar refractivity (Wildman–Crippen MR) is 108 cm³/mol. The molecule has 0 unspecified atom stereocenters. The highest BCUT2D eigenvalue weighted by Crippen LogP contribution is 2.36. The first kappa shape index (κ1) is 21.0. The van der Waals surface area contributed by atoms with Crippen LogP contribution in [-0.2, 0) is 12.6 Å². The molecule has 0 radical (unpaired) electrons. The van der Waals surface area contributed by atoms with Crippen molar-refractivity contribution in [2.24, 2.45) is 10.7 Å². The highest BCUT2D eigenvalue weighted by atomic mass is 32.1. The van der Waals surface area contributed by atoms with E-state index >= 15 is 0 Å². The molecule has 7 nitrogen and oxygen atoms in total. The molecular formula is C18H22F3N7S. The van der Waals surface area contributed by atoms with Gasteiger partial charge < -0.3 is 16.4 Å². The van der Waals surface area contributed by atoms with Gasteiger partial charge in [0.1, 0.15) is 11.4 Å². The molecule has 0 saturated heterocycles. The van der Waals surface area contributed by atoms with E-state index in [1.165, 1.54) is 11.1 Å². The monoisotopic (exact) mass is 425 g/mol. The third-order valence-corrected chi connectivity index (χ3v) is 5.60. The Labute approximate surface area is 170 Å². The Kier molecular flexibility index (Phi) is 6.36. The van der Waals surface area contributed by atoms with Crippen molar-refractivity contribution in [3.05, 3.63) is 39.7 Å². The second kappa shape index (κ2) is 8.76. The molecule has 0 aliphatic heterocycles. The van der Waals surface area contributed by atoms with Crippen LogP contribution in [0.15, 0.2) is 28.6 Å². The minimum absolute atomic E-state index is 0.00538. The van der Waals surface area contributed by atoms with Crippen LogP contribution in [-0.4, -0.2) is 33.8 Å². The van der Waals surface area contributed by atoms with Gasteiger partial charge in [-0.05, 0) is 26.7 Å². The van der Waals surface area contributed by atoms with Gasteiger partial charge in [-0.15, -0.1) is 11.3 Å². The van der Waals surface area contributed by atoms with E-state index in [2.05, 4.69) is 30.6 Å². The van der Waals surface area contributed by atoms with E-state index in [9.17, 15) is 13.2 Å². The zero-order valence-electron chi connectivity index (χ0n) is 16.0. The second-order valence-corrected chi connectivity index (χ2v) is 7.40. The van der Waals surface area contributed by atoms with E-state index in [0.717, 1.165) is 24.7 Å². The molecule has 2 heterocycles. The van der Waals surface area contributed by atoms with Gasteiger partial charge in [-0.1, -0.05) is 0 Å².